The second kappa shape index (κ2) is 3.02. The minimum atomic E-state index is -0.212. The first-order chi connectivity index (χ1) is 4.70. The van der Waals surface area contributed by atoms with E-state index in [0.29, 0.717) is 5.92 Å². The van der Waals surface area contributed by atoms with Gasteiger partial charge in [0.1, 0.15) is 0 Å². The van der Waals surface area contributed by atoms with Crippen LogP contribution in [0.5, 0.6) is 0 Å². The van der Waals surface area contributed by atoms with Gasteiger partial charge in [-0.15, -0.1) is 0 Å². The summed E-state index contributed by atoms with van der Waals surface area (Å²) in [5.74, 6) is 0.503. The number of aliphatic hydroxyl groups excluding tert-OH is 1. The predicted octanol–water partition coefficient (Wildman–Crippen LogP) is 1.89. The van der Waals surface area contributed by atoms with E-state index in [1.165, 1.54) is 5.57 Å². The molecule has 2 atom stereocenters. The van der Waals surface area contributed by atoms with Crippen molar-refractivity contribution in [1.82, 2.24) is 0 Å². The summed E-state index contributed by atoms with van der Waals surface area (Å²) in [4.78, 5) is 0. The van der Waals surface area contributed by atoms with E-state index in [9.17, 15) is 0 Å². The minimum Gasteiger partial charge on any atom is -0.389 e. The first-order valence-electron chi connectivity index (χ1n) is 3.72. The lowest BCUT2D eigenvalue weighted by atomic mass is 9.90. The van der Waals surface area contributed by atoms with Gasteiger partial charge in [0.15, 0.2) is 0 Å². The van der Waals surface area contributed by atoms with E-state index >= 15 is 0 Å². The van der Waals surface area contributed by atoms with Crippen LogP contribution in [0.1, 0.15) is 19.8 Å². The van der Waals surface area contributed by atoms with Crippen LogP contribution in [0, 0.1) is 5.92 Å². The average Bonchev–Trinajstić information content (AvgIpc) is 1.88. The van der Waals surface area contributed by atoms with Crippen LogP contribution < -0.4 is 0 Å². The quantitative estimate of drug-likeness (QED) is 0.548. The van der Waals surface area contributed by atoms with Gasteiger partial charge in [-0.25, -0.2) is 0 Å². The molecule has 0 aromatic heterocycles. The molecule has 0 saturated heterocycles. The van der Waals surface area contributed by atoms with E-state index in [4.69, 9.17) is 5.11 Å². The van der Waals surface area contributed by atoms with Crippen LogP contribution >= 0.6 is 0 Å². The Morgan fingerprint density at radius 2 is 2.20 bits per heavy atom. The van der Waals surface area contributed by atoms with Crippen molar-refractivity contribution < 1.29 is 5.11 Å². The summed E-state index contributed by atoms with van der Waals surface area (Å²) in [6.45, 7) is 5.91. The molecule has 0 radical (unpaired) electrons. The van der Waals surface area contributed by atoms with Gasteiger partial charge in [0.2, 0.25) is 0 Å². The fraction of sp³-hybridized carbons (Fsp3) is 0.556. The molecule has 0 amide bonds. The van der Waals surface area contributed by atoms with Crippen LogP contribution in [-0.4, -0.2) is 11.2 Å². The third-order valence-electron chi connectivity index (χ3n) is 1.97. The van der Waals surface area contributed by atoms with E-state index < -0.39 is 0 Å². The standard InChI is InChI=1S/C9H14O/c1-7(2)8-3-5-9(10)6-4-8/h3,5,8-10H,1,4,6H2,2H3/t8-,9?/m0/s1. The van der Waals surface area contributed by atoms with Crippen molar-refractivity contribution in [2.24, 2.45) is 5.92 Å². The minimum absolute atomic E-state index is 0.212. The van der Waals surface area contributed by atoms with Crippen molar-refractivity contribution in [3.63, 3.8) is 0 Å². The third kappa shape index (κ3) is 1.71. The first-order valence-corrected chi connectivity index (χ1v) is 3.72. The molecular weight excluding hydrogens is 124 g/mol. The fourth-order valence-corrected chi connectivity index (χ4v) is 1.22. The Balaban J connectivity index is 2.53. The summed E-state index contributed by atoms with van der Waals surface area (Å²) in [5.41, 5.74) is 1.20. The van der Waals surface area contributed by atoms with Crippen molar-refractivity contribution in [3.05, 3.63) is 24.3 Å². The van der Waals surface area contributed by atoms with Crippen LogP contribution in [0.15, 0.2) is 24.3 Å². The second-order valence-electron chi connectivity index (χ2n) is 2.98. The number of hydrogen-bond donors (Lipinski definition) is 1. The van der Waals surface area contributed by atoms with E-state index in [1.54, 1.807) is 0 Å². The largest absolute Gasteiger partial charge is 0.389 e. The zero-order valence-electron chi connectivity index (χ0n) is 6.38. The highest BCUT2D eigenvalue weighted by atomic mass is 16.3. The molecule has 0 spiro atoms. The molecule has 1 aliphatic carbocycles. The van der Waals surface area contributed by atoms with Gasteiger partial charge in [0.25, 0.3) is 0 Å². The smallest absolute Gasteiger partial charge is 0.0721 e. The molecule has 0 aromatic carbocycles. The maximum absolute atomic E-state index is 9.09. The SMILES string of the molecule is C=C(C)[C@H]1C=CC(O)CC1. The molecule has 0 heterocycles. The maximum Gasteiger partial charge on any atom is 0.0721 e. The van der Waals surface area contributed by atoms with Gasteiger partial charge in [0.05, 0.1) is 6.10 Å². The maximum atomic E-state index is 9.09. The van der Waals surface area contributed by atoms with Crippen LogP contribution in [0.25, 0.3) is 0 Å². The van der Waals surface area contributed by atoms with Gasteiger partial charge < -0.3 is 5.11 Å². The van der Waals surface area contributed by atoms with E-state index in [0.717, 1.165) is 12.8 Å². The molecule has 1 heteroatoms. The Kier molecular flexibility index (Phi) is 2.28. The van der Waals surface area contributed by atoms with Gasteiger partial charge in [-0.1, -0.05) is 24.3 Å². The number of allylic oxidation sites excluding steroid dienone is 2. The van der Waals surface area contributed by atoms with Crippen LogP contribution in [0.4, 0.5) is 0 Å². The Morgan fingerprint density at radius 1 is 1.50 bits per heavy atom. The second-order valence-corrected chi connectivity index (χ2v) is 2.98. The molecule has 0 aliphatic heterocycles. The number of rotatable bonds is 1. The van der Waals surface area contributed by atoms with Gasteiger partial charge in [-0.05, 0) is 25.7 Å². The molecule has 0 aromatic rings. The summed E-state index contributed by atoms with van der Waals surface area (Å²) in [7, 11) is 0. The molecule has 1 aliphatic rings. The van der Waals surface area contributed by atoms with Crippen molar-refractivity contribution in [2.45, 2.75) is 25.9 Å². The lowest BCUT2D eigenvalue weighted by molar-refractivity contribution is 0.198. The summed E-state index contributed by atoms with van der Waals surface area (Å²) in [5, 5.41) is 9.09. The van der Waals surface area contributed by atoms with E-state index in [1.807, 2.05) is 13.0 Å². The molecule has 1 nitrogen and oxygen atoms in total. The Labute approximate surface area is 62.1 Å². The lowest BCUT2D eigenvalue weighted by Gasteiger charge is -2.19. The highest BCUT2D eigenvalue weighted by Crippen LogP contribution is 2.22. The molecule has 1 unspecified atom stereocenters. The highest BCUT2D eigenvalue weighted by Gasteiger charge is 2.12. The van der Waals surface area contributed by atoms with Crippen molar-refractivity contribution in [1.29, 1.82) is 0 Å². The summed E-state index contributed by atoms with van der Waals surface area (Å²) in [6, 6.07) is 0. The molecule has 0 saturated carbocycles. The van der Waals surface area contributed by atoms with Gasteiger partial charge in [0, 0.05) is 0 Å². The van der Waals surface area contributed by atoms with Gasteiger partial charge in [-0.2, -0.15) is 0 Å². The lowest BCUT2D eigenvalue weighted by Crippen LogP contribution is -2.12. The Morgan fingerprint density at radius 3 is 2.60 bits per heavy atom. The average molecular weight is 138 g/mol. The highest BCUT2D eigenvalue weighted by molar-refractivity contribution is 5.11. The monoisotopic (exact) mass is 138 g/mol. The van der Waals surface area contributed by atoms with Crippen molar-refractivity contribution in [3.8, 4) is 0 Å². The topological polar surface area (TPSA) is 20.2 Å². The van der Waals surface area contributed by atoms with Crippen LogP contribution in [-0.2, 0) is 0 Å². The zero-order chi connectivity index (χ0) is 7.56. The van der Waals surface area contributed by atoms with Crippen LogP contribution in [0.2, 0.25) is 0 Å². The van der Waals surface area contributed by atoms with Crippen LogP contribution in [0.3, 0.4) is 0 Å². The van der Waals surface area contributed by atoms with Crippen molar-refractivity contribution >= 4 is 0 Å². The summed E-state index contributed by atoms with van der Waals surface area (Å²) < 4.78 is 0. The molecule has 10 heavy (non-hydrogen) atoms. The molecule has 0 fully saturated rings. The molecule has 1 rings (SSSR count). The van der Waals surface area contributed by atoms with Gasteiger partial charge in [-0.3, -0.25) is 0 Å². The summed E-state index contributed by atoms with van der Waals surface area (Å²) in [6.07, 6.45) is 5.64. The Bertz CT molecular complexity index is 158. The molecule has 1 N–H and O–H groups in total. The number of aliphatic hydroxyl groups is 1. The zero-order valence-corrected chi connectivity index (χ0v) is 6.38. The van der Waals surface area contributed by atoms with Gasteiger partial charge >= 0.3 is 0 Å². The van der Waals surface area contributed by atoms with E-state index in [-0.39, 0.29) is 6.10 Å². The number of hydrogen-bond acceptors (Lipinski definition) is 1. The van der Waals surface area contributed by atoms with Crippen molar-refractivity contribution in [2.75, 3.05) is 0 Å². The molecule has 56 valence electrons. The third-order valence-corrected chi connectivity index (χ3v) is 1.97. The first kappa shape index (κ1) is 7.55. The molecular formula is C9H14O. The van der Waals surface area contributed by atoms with E-state index in [2.05, 4.69) is 12.7 Å². The Hall–Kier alpha value is -0.560. The molecule has 0 bridgehead atoms. The summed E-state index contributed by atoms with van der Waals surface area (Å²) >= 11 is 0. The normalized spacial score (nSPS) is 32.2. The predicted molar refractivity (Wildman–Crippen MR) is 42.7 cm³/mol. The fourth-order valence-electron chi connectivity index (χ4n) is 1.22.